The van der Waals surface area contributed by atoms with Gasteiger partial charge in [-0.2, -0.15) is 0 Å². The molecule has 19 heavy (non-hydrogen) atoms. The van der Waals surface area contributed by atoms with Crippen molar-refractivity contribution in [3.63, 3.8) is 0 Å². The first-order chi connectivity index (χ1) is 9.16. The lowest BCUT2D eigenvalue weighted by molar-refractivity contribution is -0.128. The summed E-state index contributed by atoms with van der Waals surface area (Å²) >= 11 is 0. The fourth-order valence-corrected chi connectivity index (χ4v) is 2.07. The minimum Gasteiger partial charge on any atom is -0.366 e. The molecule has 2 rings (SSSR count). The zero-order valence-corrected chi connectivity index (χ0v) is 11.5. The van der Waals surface area contributed by atoms with Crippen molar-refractivity contribution in [1.29, 1.82) is 0 Å². The number of ether oxygens (including phenoxy) is 1. The molecule has 1 atom stereocenters. The summed E-state index contributed by atoms with van der Waals surface area (Å²) in [4.78, 5) is 14.2. The smallest absolute Gasteiger partial charge is 0.254 e. The molecule has 1 aromatic carbocycles. The Morgan fingerprint density at radius 2 is 2.26 bits per heavy atom. The maximum absolute atomic E-state index is 12.1. The average molecular weight is 263 g/mol. The molecule has 1 aliphatic rings. The zero-order valence-electron chi connectivity index (χ0n) is 11.5. The highest BCUT2D eigenvalue weighted by molar-refractivity contribution is 5.95. The highest BCUT2D eigenvalue weighted by atomic mass is 16.5. The molecule has 104 valence electrons. The first kappa shape index (κ1) is 14.0. The normalized spacial score (nSPS) is 19.4. The Morgan fingerprint density at radius 3 is 2.95 bits per heavy atom. The largest absolute Gasteiger partial charge is 0.366 e. The molecular formula is C14H21N3O2. The Hall–Kier alpha value is -1.43. The lowest BCUT2D eigenvalue weighted by Crippen LogP contribution is -2.45. The van der Waals surface area contributed by atoms with Crippen LogP contribution in [0.25, 0.3) is 0 Å². The number of rotatable bonds is 4. The molecule has 1 aromatic rings. The molecule has 0 aliphatic carbocycles. The lowest BCUT2D eigenvalue weighted by atomic mass is 10.1. The molecule has 0 spiro atoms. The number of hydrogen-bond acceptors (Lipinski definition) is 4. The van der Waals surface area contributed by atoms with Gasteiger partial charge in [0.05, 0.1) is 6.61 Å². The molecular weight excluding hydrogens is 242 g/mol. The van der Waals surface area contributed by atoms with E-state index in [1.54, 1.807) is 0 Å². The van der Waals surface area contributed by atoms with Gasteiger partial charge in [-0.05, 0) is 25.7 Å². The van der Waals surface area contributed by atoms with E-state index in [-0.39, 0.29) is 5.91 Å². The van der Waals surface area contributed by atoms with Gasteiger partial charge in [0.2, 0.25) is 0 Å². The van der Waals surface area contributed by atoms with E-state index in [1.165, 1.54) is 0 Å². The first-order valence-electron chi connectivity index (χ1n) is 6.52. The highest BCUT2D eigenvalue weighted by Crippen LogP contribution is 2.17. The third-order valence-electron chi connectivity index (χ3n) is 2.98. The molecule has 1 aliphatic heterocycles. The van der Waals surface area contributed by atoms with Gasteiger partial charge < -0.3 is 20.3 Å². The number of morpholine rings is 1. The summed E-state index contributed by atoms with van der Waals surface area (Å²) in [7, 11) is 4.01. The van der Waals surface area contributed by atoms with Crippen molar-refractivity contribution in [3.05, 3.63) is 29.8 Å². The lowest BCUT2D eigenvalue weighted by Gasteiger charge is -2.23. The van der Waals surface area contributed by atoms with E-state index in [0.29, 0.717) is 13.2 Å². The van der Waals surface area contributed by atoms with Crippen LogP contribution < -0.4 is 10.6 Å². The summed E-state index contributed by atoms with van der Waals surface area (Å²) in [6.07, 6.45) is -0.402. The molecule has 1 heterocycles. The second-order valence-electron chi connectivity index (χ2n) is 4.95. The van der Waals surface area contributed by atoms with E-state index in [0.717, 1.165) is 24.3 Å². The van der Waals surface area contributed by atoms with E-state index < -0.39 is 6.10 Å². The molecule has 2 N–H and O–H groups in total. The molecule has 1 unspecified atom stereocenters. The van der Waals surface area contributed by atoms with Gasteiger partial charge in [-0.3, -0.25) is 4.79 Å². The monoisotopic (exact) mass is 263 g/mol. The number of carbonyl (C=O) groups is 1. The van der Waals surface area contributed by atoms with Crippen LogP contribution in [0.15, 0.2) is 24.3 Å². The number of anilines is 1. The minimum absolute atomic E-state index is 0.0848. The second-order valence-corrected chi connectivity index (χ2v) is 4.95. The van der Waals surface area contributed by atoms with E-state index >= 15 is 0 Å². The quantitative estimate of drug-likeness (QED) is 0.838. The third kappa shape index (κ3) is 4.02. The van der Waals surface area contributed by atoms with E-state index in [1.807, 2.05) is 38.4 Å². The summed E-state index contributed by atoms with van der Waals surface area (Å²) < 4.78 is 5.45. The molecule has 1 amide bonds. The molecule has 0 bridgehead atoms. The summed E-state index contributed by atoms with van der Waals surface area (Å²) in [6, 6.07) is 7.85. The Bertz CT molecular complexity index is 428. The van der Waals surface area contributed by atoms with Crippen LogP contribution in [0.4, 0.5) is 5.69 Å². The van der Waals surface area contributed by atoms with Gasteiger partial charge in [0.1, 0.15) is 6.10 Å². The van der Waals surface area contributed by atoms with Crippen LogP contribution >= 0.6 is 0 Å². The molecule has 0 radical (unpaired) electrons. The predicted molar refractivity (Wildman–Crippen MR) is 75.1 cm³/mol. The fraction of sp³-hybridized carbons (Fsp3) is 0.500. The molecule has 1 saturated heterocycles. The van der Waals surface area contributed by atoms with Gasteiger partial charge in [0, 0.05) is 25.3 Å². The first-order valence-corrected chi connectivity index (χ1v) is 6.52. The maximum atomic E-state index is 12.1. The number of para-hydroxylation sites is 1. The van der Waals surface area contributed by atoms with Gasteiger partial charge in [0.15, 0.2) is 0 Å². The van der Waals surface area contributed by atoms with Crippen LogP contribution in [0.5, 0.6) is 0 Å². The van der Waals surface area contributed by atoms with E-state index in [4.69, 9.17) is 4.74 Å². The van der Waals surface area contributed by atoms with Crippen molar-refractivity contribution in [2.75, 3.05) is 39.1 Å². The van der Waals surface area contributed by atoms with Gasteiger partial charge in [-0.25, -0.2) is 0 Å². The van der Waals surface area contributed by atoms with Crippen LogP contribution in [0, 0.1) is 0 Å². The van der Waals surface area contributed by atoms with Crippen LogP contribution in [0.2, 0.25) is 0 Å². The third-order valence-corrected chi connectivity index (χ3v) is 2.98. The predicted octanol–water partition coefficient (Wildman–Crippen LogP) is 0.675. The number of benzene rings is 1. The van der Waals surface area contributed by atoms with E-state index in [2.05, 4.69) is 15.5 Å². The Balaban J connectivity index is 2.03. The molecule has 1 fully saturated rings. The van der Waals surface area contributed by atoms with Gasteiger partial charge in [-0.1, -0.05) is 18.2 Å². The SMILES string of the molecule is CN(C)Cc1ccccc1NC(=O)C1CNCCO1. The highest BCUT2D eigenvalue weighted by Gasteiger charge is 2.22. The van der Waals surface area contributed by atoms with Crippen molar-refractivity contribution in [3.8, 4) is 0 Å². The number of carbonyl (C=O) groups excluding carboxylic acids is 1. The standard InChI is InChI=1S/C14H21N3O2/c1-17(2)10-11-5-3-4-6-12(11)16-14(18)13-9-15-7-8-19-13/h3-6,13,15H,7-10H2,1-2H3,(H,16,18). The van der Waals surface area contributed by atoms with Crippen molar-refractivity contribution in [2.45, 2.75) is 12.6 Å². The molecule has 5 nitrogen and oxygen atoms in total. The summed E-state index contributed by atoms with van der Waals surface area (Å²) in [6.45, 7) is 2.75. The number of nitrogens with one attached hydrogen (secondary N) is 2. The van der Waals surface area contributed by atoms with Crippen molar-refractivity contribution < 1.29 is 9.53 Å². The maximum Gasteiger partial charge on any atom is 0.254 e. The van der Waals surface area contributed by atoms with Crippen molar-refractivity contribution >= 4 is 11.6 Å². The molecule has 0 aromatic heterocycles. The molecule has 5 heteroatoms. The summed E-state index contributed by atoms with van der Waals surface area (Å²) in [5, 5.41) is 6.11. The fourth-order valence-electron chi connectivity index (χ4n) is 2.07. The van der Waals surface area contributed by atoms with Crippen LogP contribution in [-0.4, -0.2) is 50.7 Å². The van der Waals surface area contributed by atoms with Crippen LogP contribution in [0.3, 0.4) is 0 Å². The van der Waals surface area contributed by atoms with Crippen LogP contribution in [0.1, 0.15) is 5.56 Å². The van der Waals surface area contributed by atoms with Gasteiger partial charge >= 0.3 is 0 Å². The van der Waals surface area contributed by atoms with Crippen molar-refractivity contribution in [1.82, 2.24) is 10.2 Å². The topological polar surface area (TPSA) is 53.6 Å². The minimum atomic E-state index is -0.402. The van der Waals surface area contributed by atoms with Gasteiger partial charge in [-0.15, -0.1) is 0 Å². The Labute approximate surface area is 113 Å². The van der Waals surface area contributed by atoms with Crippen molar-refractivity contribution in [2.24, 2.45) is 0 Å². The number of amides is 1. The van der Waals surface area contributed by atoms with Crippen LogP contribution in [-0.2, 0) is 16.1 Å². The summed E-state index contributed by atoms with van der Waals surface area (Å²) in [5.41, 5.74) is 1.96. The number of hydrogen-bond donors (Lipinski definition) is 2. The van der Waals surface area contributed by atoms with E-state index in [9.17, 15) is 4.79 Å². The zero-order chi connectivity index (χ0) is 13.7. The summed E-state index contributed by atoms with van der Waals surface area (Å²) in [5.74, 6) is -0.0848. The Kier molecular flexibility index (Phi) is 4.90. The second kappa shape index (κ2) is 6.65. The van der Waals surface area contributed by atoms with Gasteiger partial charge in [0.25, 0.3) is 5.91 Å². The number of nitrogens with zero attached hydrogens (tertiary/aromatic N) is 1. The molecule has 0 saturated carbocycles. The Morgan fingerprint density at radius 1 is 1.47 bits per heavy atom. The average Bonchev–Trinajstić information content (AvgIpc) is 2.41.